The molecule has 6 rings (SSSR count). The minimum Gasteiger partial charge on any atom is -0.300 e. The Hall–Kier alpha value is -5.25. The molecular weight excluding hydrogens is 688 g/mol. The largest absolute Gasteiger partial charge is 0.300 e. The molecule has 2 N–H and O–H groups in total. The molecule has 16 nitrogen and oxygen atoms in total. The fourth-order valence-electron chi connectivity index (χ4n) is 4.25. The van der Waals surface area contributed by atoms with Crippen molar-refractivity contribution in [3.05, 3.63) is 63.1 Å². The number of aromatic nitrogens is 6. The van der Waals surface area contributed by atoms with Crippen molar-refractivity contribution in [3.8, 4) is 6.07 Å². The number of nitrogens with two attached hydrogens (primary N) is 1. The number of ketones is 3. The fraction of sp³-hybridized carbons (Fsp3) is 0.214. The number of hydrogen-bond acceptors (Lipinski definition) is 15. The minimum atomic E-state index is -3.89. The lowest BCUT2D eigenvalue weighted by Crippen LogP contribution is -2.13. The van der Waals surface area contributed by atoms with Gasteiger partial charge in [-0.05, 0) is 103 Å². The van der Waals surface area contributed by atoms with E-state index in [0.29, 0.717) is 39.6 Å². The van der Waals surface area contributed by atoms with Crippen molar-refractivity contribution in [1.82, 2.24) is 30.9 Å². The number of carbonyl (C=O) groups excluding carboxylic acids is 3. The maximum Gasteiger partial charge on any atom is 0.240 e. The number of benzene rings is 3. The Balaban J connectivity index is 0.000000157. The van der Waals surface area contributed by atoms with Gasteiger partial charge >= 0.3 is 0 Å². The van der Waals surface area contributed by atoms with E-state index in [0.717, 1.165) is 15.6 Å². The van der Waals surface area contributed by atoms with E-state index in [1.165, 1.54) is 26.0 Å². The van der Waals surface area contributed by atoms with Crippen LogP contribution in [-0.4, -0.2) is 56.7 Å². The summed E-state index contributed by atoms with van der Waals surface area (Å²) in [5.74, 6) is 0.0540. The van der Waals surface area contributed by atoms with Gasteiger partial charge in [0.15, 0.2) is 11.0 Å². The number of carbonyl (C=O) groups is 3. The summed E-state index contributed by atoms with van der Waals surface area (Å²) in [6.45, 7) is 4.46. The second-order valence-electron chi connectivity index (χ2n) is 9.88. The van der Waals surface area contributed by atoms with Crippen molar-refractivity contribution >= 4 is 76.4 Å². The summed E-state index contributed by atoms with van der Waals surface area (Å²) in [7, 11) is -3.89. The van der Waals surface area contributed by atoms with E-state index in [1.54, 1.807) is 19.1 Å². The van der Waals surface area contributed by atoms with E-state index in [2.05, 4.69) is 60.8 Å². The third-order valence-electron chi connectivity index (χ3n) is 6.16. The van der Waals surface area contributed by atoms with Gasteiger partial charge in [0.25, 0.3) is 0 Å². The number of fused-ring (bicyclic) bond motifs is 3. The molecule has 0 saturated heterocycles. The number of rotatable bonds is 7. The van der Waals surface area contributed by atoms with Crippen molar-refractivity contribution in [3.63, 3.8) is 0 Å². The van der Waals surface area contributed by atoms with Crippen LogP contribution in [0.2, 0.25) is 0 Å². The highest BCUT2D eigenvalue weighted by Crippen LogP contribution is 2.25. The van der Waals surface area contributed by atoms with E-state index in [9.17, 15) is 22.8 Å². The highest BCUT2D eigenvalue weighted by atomic mass is 79.9. The summed E-state index contributed by atoms with van der Waals surface area (Å²) in [5.41, 5.74) is 5.03. The molecule has 46 heavy (non-hydrogen) atoms. The summed E-state index contributed by atoms with van der Waals surface area (Å²) >= 11 is 3.33. The van der Waals surface area contributed by atoms with Gasteiger partial charge in [-0.1, -0.05) is 18.2 Å². The first kappa shape index (κ1) is 33.6. The number of halogens is 1. The van der Waals surface area contributed by atoms with Gasteiger partial charge in [0.2, 0.25) is 10.0 Å². The molecule has 18 heteroatoms. The van der Waals surface area contributed by atoms with E-state index in [4.69, 9.17) is 10.4 Å². The van der Waals surface area contributed by atoms with E-state index >= 15 is 0 Å². The maximum atomic E-state index is 11.3. The monoisotopic (exact) mass is 710 g/mol. The first-order valence-electron chi connectivity index (χ1n) is 13.1. The van der Waals surface area contributed by atoms with Crippen molar-refractivity contribution < 1.29 is 36.7 Å². The molecule has 0 atom stereocenters. The summed E-state index contributed by atoms with van der Waals surface area (Å²) in [6, 6.07) is 11.8. The number of nitrogens with zero attached hydrogens (tertiary/aromatic N) is 7. The Morgan fingerprint density at radius 2 is 1.07 bits per heavy atom. The molecule has 0 aliphatic heterocycles. The quantitative estimate of drug-likeness (QED) is 0.249. The summed E-state index contributed by atoms with van der Waals surface area (Å²) in [4.78, 5) is 32.8. The Kier molecular flexibility index (Phi) is 10.4. The van der Waals surface area contributed by atoms with E-state index < -0.39 is 10.0 Å². The third-order valence-corrected chi connectivity index (χ3v) is 7.74. The average molecular weight is 712 g/mol. The predicted molar refractivity (Wildman–Crippen MR) is 162 cm³/mol. The van der Waals surface area contributed by atoms with E-state index in [-0.39, 0.29) is 46.1 Å². The number of nitriles is 1. The number of hydrogen-bond donors (Lipinski definition) is 1. The molecule has 0 unspecified atom stereocenters. The van der Waals surface area contributed by atoms with Gasteiger partial charge in [-0.3, -0.25) is 14.4 Å². The number of sulfonamides is 1. The topological polar surface area (TPSA) is 252 Å². The van der Waals surface area contributed by atoms with Crippen molar-refractivity contribution in [2.45, 2.75) is 44.9 Å². The van der Waals surface area contributed by atoms with Crippen molar-refractivity contribution in [2.75, 3.05) is 0 Å². The van der Waals surface area contributed by atoms with Gasteiger partial charge in [0, 0.05) is 23.7 Å². The van der Waals surface area contributed by atoms with Gasteiger partial charge in [-0.25, -0.2) is 27.4 Å². The van der Waals surface area contributed by atoms with Gasteiger partial charge < -0.3 is 0 Å². The van der Waals surface area contributed by atoms with Crippen LogP contribution in [-0.2, 0) is 43.7 Å². The SMILES string of the molecule is CC(=O)Cc1ccc(Br)c2nonc12.CC(=O)Cc1ccc(C#N)c2nonc12.CC(=O)Cc1ccc(S(N)(=O)=O)c2nonc12. The van der Waals surface area contributed by atoms with Crippen LogP contribution >= 0.6 is 15.9 Å². The fourth-order valence-corrected chi connectivity index (χ4v) is 5.31. The zero-order valence-electron chi connectivity index (χ0n) is 24.3. The lowest BCUT2D eigenvalue weighted by atomic mass is 10.1. The highest BCUT2D eigenvalue weighted by Gasteiger charge is 2.19. The second kappa shape index (κ2) is 14.2. The molecule has 0 fully saturated rings. The smallest absolute Gasteiger partial charge is 0.240 e. The molecule has 236 valence electrons. The molecule has 0 spiro atoms. The zero-order chi connectivity index (χ0) is 33.6. The minimum absolute atomic E-state index is 0.0315. The number of Topliss-reactive ketones (excluding diaryl/α,β-unsaturated/α-hetero) is 3. The highest BCUT2D eigenvalue weighted by molar-refractivity contribution is 9.10. The van der Waals surface area contributed by atoms with Crippen LogP contribution in [0.4, 0.5) is 0 Å². The van der Waals surface area contributed by atoms with Crippen molar-refractivity contribution in [2.24, 2.45) is 5.14 Å². The Morgan fingerprint density at radius 3 is 1.54 bits per heavy atom. The van der Waals surface area contributed by atoms with Crippen LogP contribution in [0.3, 0.4) is 0 Å². The van der Waals surface area contributed by atoms with Crippen LogP contribution in [0, 0.1) is 11.3 Å². The third kappa shape index (κ3) is 7.87. The Morgan fingerprint density at radius 1 is 0.674 bits per heavy atom. The molecule has 3 heterocycles. The Labute approximate surface area is 268 Å². The molecule has 0 aliphatic rings. The summed E-state index contributed by atoms with van der Waals surface area (Å²) < 4.78 is 37.1. The molecular formula is C28H23BrN8O8S. The molecule has 0 amide bonds. The van der Waals surface area contributed by atoms with Crippen LogP contribution in [0.1, 0.15) is 43.0 Å². The second-order valence-corrected chi connectivity index (χ2v) is 12.3. The molecule has 3 aromatic heterocycles. The van der Waals surface area contributed by atoms with Gasteiger partial charge in [0.1, 0.15) is 50.4 Å². The number of primary sulfonamides is 1. The average Bonchev–Trinajstić information content (AvgIpc) is 3.76. The lowest BCUT2D eigenvalue weighted by molar-refractivity contribution is -0.117. The molecule has 3 aromatic carbocycles. The Bertz CT molecular complexity index is 2250. The standard InChI is InChI=1S/C10H7N3O2.C9H7BrN2O2.C9H9N3O4S/c1-6(14)4-7-2-3-8(5-11)10-9(7)12-15-13-10;1-5(13)4-6-2-3-7(10)9-8(6)11-14-12-9;1-5(13)4-6-2-3-7(17(10,14)15)9-8(6)11-16-12-9/h2-3H,4H2,1H3;2-3H,4H2,1H3;2-3H,4H2,1H3,(H2,10,14,15). The predicted octanol–water partition coefficient (Wildman–Crippen LogP) is 3.34. The van der Waals surface area contributed by atoms with Crippen LogP contribution in [0.25, 0.3) is 33.1 Å². The van der Waals surface area contributed by atoms with Gasteiger partial charge in [-0.15, -0.1) is 0 Å². The lowest BCUT2D eigenvalue weighted by Gasteiger charge is -2.01. The van der Waals surface area contributed by atoms with Gasteiger partial charge in [0.05, 0.1) is 5.56 Å². The maximum absolute atomic E-state index is 11.3. The zero-order valence-corrected chi connectivity index (χ0v) is 26.7. The summed E-state index contributed by atoms with van der Waals surface area (Å²) in [6.07, 6.45) is 0.768. The van der Waals surface area contributed by atoms with Crippen molar-refractivity contribution in [1.29, 1.82) is 5.26 Å². The first-order valence-corrected chi connectivity index (χ1v) is 15.4. The molecule has 0 aliphatic carbocycles. The molecule has 0 saturated carbocycles. The molecule has 0 radical (unpaired) electrons. The summed E-state index contributed by atoms with van der Waals surface area (Å²) in [5, 5.41) is 35.7. The van der Waals surface area contributed by atoms with Gasteiger partial charge in [-0.2, -0.15) is 5.26 Å². The van der Waals surface area contributed by atoms with Crippen LogP contribution in [0.5, 0.6) is 0 Å². The molecule has 6 aromatic rings. The van der Waals surface area contributed by atoms with E-state index in [1.807, 2.05) is 18.2 Å². The normalized spacial score (nSPS) is 11.0. The van der Waals surface area contributed by atoms with Crippen LogP contribution in [0.15, 0.2) is 59.7 Å². The molecule has 0 bridgehead atoms. The van der Waals surface area contributed by atoms with Crippen LogP contribution < -0.4 is 5.14 Å². The first-order chi connectivity index (χ1) is 21.8.